The van der Waals surface area contributed by atoms with Gasteiger partial charge in [0.25, 0.3) is 5.91 Å². The Hall–Kier alpha value is -3.69. The number of hydrogen-bond acceptors (Lipinski definition) is 6. The summed E-state index contributed by atoms with van der Waals surface area (Å²) in [5.41, 5.74) is 1.79. The Kier molecular flexibility index (Phi) is 9.15. The number of nitrogens with zero attached hydrogens (tertiary/aromatic N) is 1. The van der Waals surface area contributed by atoms with E-state index in [0.29, 0.717) is 13.1 Å². The average Bonchev–Trinajstić information content (AvgIpc) is 3.26. The van der Waals surface area contributed by atoms with Gasteiger partial charge in [0, 0.05) is 13.1 Å². The summed E-state index contributed by atoms with van der Waals surface area (Å²) >= 11 is 0. The number of hydrogen-bond donors (Lipinski definition) is 1. The van der Waals surface area contributed by atoms with Gasteiger partial charge in [-0.2, -0.15) is 4.31 Å². The molecule has 1 aliphatic rings. The highest BCUT2D eigenvalue weighted by atomic mass is 32.2. The molecule has 1 fully saturated rings. The number of ether oxygens (including phenoxy) is 2. The molecule has 4 rings (SSSR count). The zero-order valence-electron chi connectivity index (χ0n) is 21.3. The van der Waals surface area contributed by atoms with Crippen LogP contribution in [0.3, 0.4) is 0 Å². The third kappa shape index (κ3) is 6.59. The molecule has 38 heavy (non-hydrogen) atoms. The first-order valence-corrected chi connectivity index (χ1v) is 14.1. The molecule has 1 saturated heterocycles. The van der Waals surface area contributed by atoms with Gasteiger partial charge >= 0.3 is 5.97 Å². The van der Waals surface area contributed by atoms with Gasteiger partial charge in [0.15, 0.2) is 6.61 Å². The first-order valence-electron chi connectivity index (χ1n) is 12.6. The van der Waals surface area contributed by atoms with E-state index in [-0.39, 0.29) is 16.2 Å². The van der Waals surface area contributed by atoms with Crippen LogP contribution in [0.4, 0.5) is 0 Å². The molecule has 1 amide bonds. The van der Waals surface area contributed by atoms with E-state index in [1.165, 1.54) is 29.6 Å². The molecule has 1 N–H and O–H groups in total. The van der Waals surface area contributed by atoms with Crippen LogP contribution in [0.2, 0.25) is 0 Å². The summed E-state index contributed by atoms with van der Waals surface area (Å²) in [6, 6.07) is 22.7. The van der Waals surface area contributed by atoms with Crippen LogP contribution in [-0.4, -0.2) is 51.4 Å². The average molecular weight is 537 g/mol. The lowest BCUT2D eigenvalue weighted by Crippen LogP contribution is -2.33. The number of benzene rings is 3. The lowest BCUT2D eigenvalue weighted by Gasteiger charge is -2.21. The molecule has 9 heteroatoms. The second-order valence-corrected chi connectivity index (χ2v) is 11.0. The van der Waals surface area contributed by atoms with E-state index in [1.807, 2.05) is 60.7 Å². The number of methoxy groups -OCH3 is 1. The summed E-state index contributed by atoms with van der Waals surface area (Å²) in [5.74, 6) is -1.13. The molecule has 200 valence electrons. The molecule has 3 aromatic rings. The minimum Gasteiger partial charge on any atom is -0.495 e. The van der Waals surface area contributed by atoms with Crippen molar-refractivity contribution in [1.82, 2.24) is 9.62 Å². The van der Waals surface area contributed by atoms with Crippen LogP contribution < -0.4 is 10.1 Å². The third-order valence-corrected chi connectivity index (χ3v) is 8.41. The van der Waals surface area contributed by atoms with Crippen LogP contribution in [0.1, 0.15) is 53.2 Å². The van der Waals surface area contributed by atoms with Crippen molar-refractivity contribution in [3.8, 4) is 5.75 Å². The Morgan fingerprint density at radius 3 is 2.00 bits per heavy atom. The normalized spacial score (nSPS) is 14.5. The predicted molar refractivity (Wildman–Crippen MR) is 143 cm³/mol. The van der Waals surface area contributed by atoms with E-state index in [0.717, 1.165) is 36.8 Å². The topological polar surface area (TPSA) is 102 Å². The number of rotatable bonds is 9. The molecule has 0 aromatic heterocycles. The first-order chi connectivity index (χ1) is 18.4. The summed E-state index contributed by atoms with van der Waals surface area (Å²) in [6.07, 6.45) is 3.52. The summed E-state index contributed by atoms with van der Waals surface area (Å²) in [5, 5.41) is 2.92. The molecule has 0 bridgehead atoms. The van der Waals surface area contributed by atoms with Gasteiger partial charge in [-0.1, -0.05) is 73.5 Å². The second-order valence-electron chi connectivity index (χ2n) is 9.08. The molecule has 0 atom stereocenters. The van der Waals surface area contributed by atoms with Crippen LogP contribution >= 0.6 is 0 Å². The highest BCUT2D eigenvalue weighted by molar-refractivity contribution is 7.89. The van der Waals surface area contributed by atoms with Crippen LogP contribution in [-0.2, 0) is 19.6 Å². The smallest absolute Gasteiger partial charge is 0.338 e. The number of sulfonamides is 1. The SMILES string of the molecule is COc1ccc(C(=O)OCC(=O)NC(c2ccccc2)c2ccccc2)cc1S(=O)(=O)N1CCCCCC1. The summed E-state index contributed by atoms with van der Waals surface area (Å²) in [6.45, 7) is 0.323. The first kappa shape index (κ1) is 27.3. The van der Waals surface area contributed by atoms with E-state index >= 15 is 0 Å². The lowest BCUT2D eigenvalue weighted by atomic mass is 9.99. The minimum absolute atomic E-state index is 0.0228. The summed E-state index contributed by atoms with van der Waals surface area (Å²) in [4.78, 5) is 25.5. The largest absolute Gasteiger partial charge is 0.495 e. The predicted octanol–water partition coefficient (Wildman–Crippen LogP) is 4.32. The van der Waals surface area contributed by atoms with Crippen LogP contribution in [0, 0.1) is 0 Å². The quantitative estimate of drug-likeness (QED) is 0.409. The third-order valence-electron chi connectivity index (χ3n) is 6.49. The van der Waals surface area contributed by atoms with Crippen molar-refractivity contribution >= 4 is 21.9 Å². The van der Waals surface area contributed by atoms with E-state index in [1.54, 1.807) is 0 Å². The van der Waals surface area contributed by atoms with Gasteiger partial charge in [-0.05, 0) is 42.2 Å². The fourth-order valence-electron chi connectivity index (χ4n) is 4.49. The number of carbonyl (C=O) groups excluding carboxylic acids is 2. The standard InChI is InChI=1S/C29H32N2O6S/c1-36-25-17-16-24(20-26(25)38(34,35)31-18-10-2-3-11-19-31)29(33)37-21-27(32)30-28(22-12-6-4-7-13-22)23-14-8-5-9-15-23/h4-9,12-17,20,28H,2-3,10-11,18-19,21H2,1H3,(H,30,32). The molecular weight excluding hydrogens is 504 g/mol. The maximum atomic E-state index is 13.4. The summed E-state index contributed by atoms with van der Waals surface area (Å²) < 4.78 is 38.8. The van der Waals surface area contributed by atoms with Gasteiger partial charge in [0.05, 0.1) is 18.7 Å². The highest BCUT2D eigenvalue weighted by Crippen LogP contribution is 2.30. The van der Waals surface area contributed by atoms with E-state index in [9.17, 15) is 18.0 Å². The molecule has 1 heterocycles. The van der Waals surface area contributed by atoms with Crippen LogP contribution in [0.25, 0.3) is 0 Å². The fraction of sp³-hybridized carbons (Fsp3) is 0.310. The molecular formula is C29H32N2O6S. The fourth-order valence-corrected chi connectivity index (χ4v) is 6.19. The van der Waals surface area contributed by atoms with Crippen LogP contribution in [0.15, 0.2) is 83.8 Å². The zero-order valence-corrected chi connectivity index (χ0v) is 22.2. The highest BCUT2D eigenvalue weighted by Gasteiger charge is 2.29. The molecule has 0 unspecified atom stereocenters. The number of carbonyl (C=O) groups is 2. The zero-order chi connectivity index (χ0) is 27.0. The number of esters is 1. The lowest BCUT2D eigenvalue weighted by molar-refractivity contribution is -0.124. The van der Waals surface area contributed by atoms with Crippen LogP contribution in [0.5, 0.6) is 5.75 Å². The summed E-state index contributed by atoms with van der Waals surface area (Å²) in [7, 11) is -2.49. The molecule has 0 radical (unpaired) electrons. The van der Waals surface area contributed by atoms with Gasteiger partial charge in [-0.3, -0.25) is 4.79 Å². The van der Waals surface area contributed by atoms with Crippen molar-refractivity contribution in [1.29, 1.82) is 0 Å². The van der Waals surface area contributed by atoms with E-state index < -0.39 is 34.5 Å². The molecule has 0 saturated carbocycles. The number of amides is 1. The molecule has 0 spiro atoms. The minimum atomic E-state index is -3.87. The second kappa shape index (κ2) is 12.7. The van der Waals surface area contributed by atoms with Gasteiger partial charge in [-0.25, -0.2) is 13.2 Å². The number of nitrogens with one attached hydrogen (secondary N) is 1. The van der Waals surface area contributed by atoms with Crippen molar-refractivity contribution in [3.63, 3.8) is 0 Å². The van der Waals surface area contributed by atoms with E-state index in [4.69, 9.17) is 9.47 Å². The van der Waals surface area contributed by atoms with Crippen molar-refractivity contribution in [2.24, 2.45) is 0 Å². The van der Waals surface area contributed by atoms with E-state index in [2.05, 4.69) is 5.32 Å². The van der Waals surface area contributed by atoms with Gasteiger partial charge < -0.3 is 14.8 Å². The Labute approximate surface area is 223 Å². The Morgan fingerprint density at radius 1 is 0.868 bits per heavy atom. The van der Waals surface area contributed by atoms with Crippen molar-refractivity contribution < 1.29 is 27.5 Å². The monoisotopic (exact) mass is 536 g/mol. The van der Waals surface area contributed by atoms with Gasteiger partial charge in [0.2, 0.25) is 10.0 Å². The maximum absolute atomic E-state index is 13.4. The Morgan fingerprint density at radius 2 is 1.45 bits per heavy atom. The maximum Gasteiger partial charge on any atom is 0.338 e. The van der Waals surface area contributed by atoms with Crippen molar-refractivity contribution in [2.75, 3.05) is 26.8 Å². The molecule has 1 aliphatic heterocycles. The molecule has 8 nitrogen and oxygen atoms in total. The Bertz CT molecular complexity index is 1300. The van der Waals surface area contributed by atoms with Gasteiger partial charge in [-0.15, -0.1) is 0 Å². The molecule has 3 aromatic carbocycles. The molecule has 0 aliphatic carbocycles. The van der Waals surface area contributed by atoms with Gasteiger partial charge in [0.1, 0.15) is 10.6 Å². The van der Waals surface area contributed by atoms with Crippen molar-refractivity contribution in [3.05, 3.63) is 95.6 Å². The van der Waals surface area contributed by atoms with Crippen molar-refractivity contribution in [2.45, 2.75) is 36.6 Å². The Balaban J connectivity index is 1.47.